The van der Waals surface area contributed by atoms with Crippen LogP contribution in [-0.2, 0) is 0 Å². The fraction of sp³-hybridized carbons (Fsp3) is 0.133. The summed E-state index contributed by atoms with van der Waals surface area (Å²) in [5.74, 6) is -1.06. The van der Waals surface area contributed by atoms with Crippen molar-refractivity contribution in [1.82, 2.24) is 0 Å². The van der Waals surface area contributed by atoms with Gasteiger partial charge in [-0.05, 0) is 30.7 Å². The lowest BCUT2D eigenvalue weighted by Crippen LogP contribution is -2.03. The number of benzene rings is 2. The Bertz CT molecular complexity index is 524. The number of nitrogens with two attached hydrogens (primary N) is 1. The van der Waals surface area contributed by atoms with Crippen LogP contribution >= 0.6 is 0 Å². The number of phenolic OH excluding ortho intramolecular Hbond substituents is 1. The molecule has 4 N–H and O–H groups in total. The van der Waals surface area contributed by atoms with Gasteiger partial charge in [-0.25, -0.2) is 4.79 Å². The molecule has 0 saturated heterocycles. The van der Waals surface area contributed by atoms with Gasteiger partial charge in [0.25, 0.3) is 0 Å². The summed E-state index contributed by atoms with van der Waals surface area (Å²) in [7, 11) is 0. The Morgan fingerprint density at radius 1 is 1.11 bits per heavy atom. The molecule has 0 aliphatic rings. The fourth-order valence-electron chi connectivity index (χ4n) is 1.40. The Balaban J connectivity index is 0.000000191. The molecule has 100 valence electrons. The van der Waals surface area contributed by atoms with Crippen molar-refractivity contribution in [2.45, 2.75) is 13.0 Å². The Morgan fingerprint density at radius 3 is 2.11 bits per heavy atom. The highest BCUT2D eigenvalue weighted by Crippen LogP contribution is 2.10. The third-order valence-electron chi connectivity index (χ3n) is 2.42. The highest BCUT2D eigenvalue weighted by atomic mass is 16.4. The zero-order valence-electron chi connectivity index (χ0n) is 10.7. The monoisotopic (exact) mass is 259 g/mol. The third-order valence-corrected chi connectivity index (χ3v) is 2.42. The first-order valence-corrected chi connectivity index (χ1v) is 5.83. The van der Waals surface area contributed by atoms with E-state index in [1.807, 2.05) is 37.3 Å². The van der Waals surface area contributed by atoms with Gasteiger partial charge in [-0.2, -0.15) is 0 Å². The van der Waals surface area contributed by atoms with Crippen LogP contribution in [0.1, 0.15) is 28.9 Å². The minimum atomic E-state index is -1.03. The summed E-state index contributed by atoms with van der Waals surface area (Å²) in [4.78, 5) is 10.2. The van der Waals surface area contributed by atoms with Crippen LogP contribution in [0.4, 0.5) is 0 Å². The third kappa shape index (κ3) is 5.23. The van der Waals surface area contributed by atoms with Crippen LogP contribution in [0.5, 0.6) is 5.75 Å². The predicted octanol–water partition coefficient (Wildman–Crippen LogP) is 2.80. The SMILES string of the molecule is CC(N)c1ccccc1.O=C(O)c1cccc(O)c1. The van der Waals surface area contributed by atoms with Crippen molar-refractivity contribution in [3.63, 3.8) is 0 Å². The number of hydrogen-bond donors (Lipinski definition) is 3. The predicted molar refractivity (Wildman–Crippen MR) is 74.1 cm³/mol. The van der Waals surface area contributed by atoms with Crippen molar-refractivity contribution in [3.05, 3.63) is 65.7 Å². The maximum atomic E-state index is 10.2. The molecule has 4 nitrogen and oxygen atoms in total. The molecule has 1 unspecified atom stereocenters. The van der Waals surface area contributed by atoms with E-state index in [0.29, 0.717) is 0 Å². The minimum Gasteiger partial charge on any atom is -0.508 e. The molecule has 0 heterocycles. The van der Waals surface area contributed by atoms with E-state index in [9.17, 15) is 4.79 Å². The molecule has 0 spiro atoms. The van der Waals surface area contributed by atoms with Crippen LogP contribution in [0.2, 0.25) is 0 Å². The van der Waals surface area contributed by atoms with E-state index in [2.05, 4.69) is 0 Å². The number of hydrogen-bond acceptors (Lipinski definition) is 3. The number of carboxylic acids is 1. The fourth-order valence-corrected chi connectivity index (χ4v) is 1.40. The normalized spacial score (nSPS) is 11.1. The molecule has 0 aliphatic heterocycles. The van der Waals surface area contributed by atoms with Gasteiger partial charge in [0.05, 0.1) is 5.56 Å². The summed E-state index contributed by atoms with van der Waals surface area (Å²) >= 11 is 0. The van der Waals surface area contributed by atoms with Gasteiger partial charge in [-0.15, -0.1) is 0 Å². The first-order chi connectivity index (χ1) is 9.00. The summed E-state index contributed by atoms with van der Waals surface area (Å²) in [6, 6.07) is 15.7. The molecular formula is C15H17NO3. The van der Waals surface area contributed by atoms with Crippen molar-refractivity contribution < 1.29 is 15.0 Å². The van der Waals surface area contributed by atoms with Crippen LogP contribution in [0.3, 0.4) is 0 Å². The van der Waals surface area contributed by atoms with E-state index in [4.69, 9.17) is 15.9 Å². The highest BCUT2D eigenvalue weighted by molar-refractivity contribution is 5.87. The maximum absolute atomic E-state index is 10.2. The molecule has 0 radical (unpaired) electrons. The van der Waals surface area contributed by atoms with Crippen LogP contribution in [0, 0.1) is 0 Å². The van der Waals surface area contributed by atoms with Crippen LogP contribution in [0.25, 0.3) is 0 Å². The van der Waals surface area contributed by atoms with Gasteiger partial charge >= 0.3 is 5.97 Å². The number of carboxylic acid groups (broad SMARTS) is 1. The molecule has 0 aliphatic carbocycles. The molecule has 0 bridgehead atoms. The number of aromatic carboxylic acids is 1. The van der Waals surface area contributed by atoms with Crippen molar-refractivity contribution in [2.24, 2.45) is 5.73 Å². The lowest BCUT2D eigenvalue weighted by Gasteiger charge is -2.02. The molecule has 19 heavy (non-hydrogen) atoms. The van der Waals surface area contributed by atoms with Gasteiger partial charge in [-0.1, -0.05) is 36.4 Å². The van der Waals surface area contributed by atoms with E-state index < -0.39 is 5.97 Å². The molecule has 2 rings (SSSR count). The molecule has 4 heteroatoms. The molecule has 0 amide bonds. The van der Waals surface area contributed by atoms with Gasteiger partial charge < -0.3 is 15.9 Å². The average molecular weight is 259 g/mol. The summed E-state index contributed by atoms with van der Waals surface area (Å²) in [5.41, 5.74) is 6.90. The Labute approximate surface area is 112 Å². The van der Waals surface area contributed by atoms with E-state index in [-0.39, 0.29) is 17.4 Å². The summed E-state index contributed by atoms with van der Waals surface area (Å²) in [5, 5.41) is 17.2. The molecule has 2 aromatic carbocycles. The Hall–Kier alpha value is -2.33. The second-order valence-electron chi connectivity index (χ2n) is 4.05. The molecule has 0 fully saturated rings. The largest absolute Gasteiger partial charge is 0.508 e. The first-order valence-electron chi connectivity index (χ1n) is 5.83. The van der Waals surface area contributed by atoms with Crippen molar-refractivity contribution >= 4 is 5.97 Å². The quantitative estimate of drug-likeness (QED) is 0.774. The van der Waals surface area contributed by atoms with Gasteiger partial charge in [0.2, 0.25) is 0 Å². The smallest absolute Gasteiger partial charge is 0.335 e. The van der Waals surface area contributed by atoms with Crippen molar-refractivity contribution in [1.29, 1.82) is 0 Å². The summed E-state index contributed by atoms with van der Waals surface area (Å²) < 4.78 is 0. The van der Waals surface area contributed by atoms with E-state index >= 15 is 0 Å². The summed E-state index contributed by atoms with van der Waals surface area (Å²) in [6.07, 6.45) is 0. The lowest BCUT2D eigenvalue weighted by molar-refractivity contribution is 0.0696. The van der Waals surface area contributed by atoms with E-state index in [0.717, 1.165) is 0 Å². The molecule has 2 aromatic rings. The zero-order valence-corrected chi connectivity index (χ0v) is 10.7. The summed E-state index contributed by atoms with van der Waals surface area (Å²) in [6.45, 7) is 1.98. The topological polar surface area (TPSA) is 83.6 Å². The van der Waals surface area contributed by atoms with Gasteiger partial charge in [-0.3, -0.25) is 0 Å². The van der Waals surface area contributed by atoms with Gasteiger partial charge in [0, 0.05) is 6.04 Å². The molecule has 0 saturated carbocycles. The molecule has 1 atom stereocenters. The second-order valence-corrected chi connectivity index (χ2v) is 4.05. The van der Waals surface area contributed by atoms with Gasteiger partial charge in [0.1, 0.15) is 5.75 Å². The highest BCUT2D eigenvalue weighted by Gasteiger charge is 2.00. The second kappa shape index (κ2) is 7.18. The minimum absolute atomic E-state index is 0.0279. The Kier molecular flexibility index (Phi) is 5.57. The van der Waals surface area contributed by atoms with E-state index in [1.165, 1.54) is 29.8 Å². The number of rotatable bonds is 2. The average Bonchev–Trinajstić information content (AvgIpc) is 2.40. The van der Waals surface area contributed by atoms with E-state index in [1.54, 1.807) is 0 Å². The first kappa shape index (κ1) is 14.7. The zero-order chi connectivity index (χ0) is 14.3. The Morgan fingerprint density at radius 2 is 1.74 bits per heavy atom. The maximum Gasteiger partial charge on any atom is 0.335 e. The van der Waals surface area contributed by atoms with Crippen molar-refractivity contribution in [3.8, 4) is 5.75 Å². The number of aromatic hydroxyl groups is 1. The van der Waals surface area contributed by atoms with Crippen LogP contribution in [0.15, 0.2) is 54.6 Å². The lowest BCUT2D eigenvalue weighted by atomic mass is 10.1. The molecular weight excluding hydrogens is 242 g/mol. The molecule has 0 aromatic heterocycles. The number of phenols is 1. The van der Waals surface area contributed by atoms with Crippen LogP contribution < -0.4 is 5.73 Å². The standard InChI is InChI=1S/C8H11N.C7H6O3/c1-7(9)8-5-3-2-4-6-8;8-6-3-1-2-5(4-6)7(9)10/h2-7H,9H2,1H3;1-4,8H,(H,9,10). The number of carbonyl (C=O) groups is 1. The van der Waals surface area contributed by atoms with Crippen LogP contribution in [-0.4, -0.2) is 16.2 Å². The van der Waals surface area contributed by atoms with Crippen molar-refractivity contribution in [2.75, 3.05) is 0 Å². The van der Waals surface area contributed by atoms with Gasteiger partial charge in [0.15, 0.2) is 0 Å².